The molecule has 35 heavy (non-hydrogen) atoms. The molecule has 1 N–H and O–H groups in total. The molecule has 0 aromatic rings. The van der Waals surface area contributed by atoms with Crippen molar-refractivity contribution in [1.29, 1.82) is 0 Å². The molecule has 0 aromatic carbocycles. The number of hydrogen-bond acceptors (Lipinski definition) is 6. The number of fused-ring (bicyclic) bond motifs is 2. The van der Waals surface area contributed by atoms with Crippen LogP contribution in [-0.2, 0) is 23.9 Å². The van der Waals surface area contributed by atoms with Crippen molar-refractivity contribution in [3.63, 3.8) is 0 Å². The van der Waals surface area contributed by atoms with E-state index in [0.717, 1.165) is 7.11 Å². The number of esters is 3. The fourth-order valence-electron chi connectivity index (χ4n) is 7.03. The highest BCUT2D eigenvalue weighted by Gasteiger charge is 2.73. The standard InChI is InChI=1S/C23H30F6O6/c1-10-11-6-12(8-21(33,22(24,25)26)23(27,28)29)14(7-11)20(10,4)15-13(16(30)35-17(15)31)9-19(2,3)18(32)34-5/h10-15,33H,6-9H2,1-5H3. The number of carbonyl (C=O) groups excluding carboxylic acids is 3. The summed E-state index contributed by atoms with van der Waals surface area (Å²) in [5.74, 6) is -7.30. The first-order valence-corrected chi connectivity index (χ1v) is 11.4. The average Bonchev–Trinajstić information content (AvgIpc) is 3.31. The van der Waals surface area contributed by atoms with Gasteiger partial charge in [-0.1, -0.05) is 13.8 Å². The first kappa shape index (κ1) is 27.7. The van der Waals surface area contributed by atoms with Crippen molar-refractivity contribution in [3.8, 4) is 0 Å². The van der Waals surface area contributed by atoms with E-state index in [4.69, 9.17) is 9.47 Å². The van der Waals surface area contributed by atoms with E-state index in [1.807, 2.05) is 0 Å². The SMILES string of the molecule is COC(=O)C(C)(C)CC1C(=O)OC(=O)C1C1(C)C(C)C2CC(CC(O)(C(F)(F)F)C(F)(F)F)C1C2. The van der Waals surface area contributed by atoms with Gasteiger partial charge in [0.1, 0.15) is 0 Å². The fourth-order valence-corrected chi connectivity index (χ4v) is 7.03. The molecule has 200 valence electrons. The maximum atomic E-state index is 13.4. The van der Waals surface area contributed by atoms with Gasteiger partial charge >= 0.3 is 30.3 Å². The molecule has 2 bridgehead atoms. The van der Waals surface area contributed by atoms with Crippen LogP contribution in [0, 0.1) is 46.3 Å². The van der Waals surface area contributed by atoms with Crippen molar-refractivity contribution in [2.75, 3.05) is 7.11 Å². The largest absolute Gasteiger partial charge is 0.469 e. The maximum Gasteiger partial charge on any atom is 0.426 e. The second-order valence-electron chi connectivity index (χ2n) is 11.2. The Labute approximate surface area is 198 Å². The Kier molecular flexibility index (Phi) is 6.61. The first-order valence-electron chi connectivity index (χ1n) is 11.4. The van der Waals surface area contributed by atoms with Gasteiger partial charge in [-0.15, -0.1) is 0 Å². The molecule has 6 nitrogen and oxygen atoms in total. The van der Waals surface area contributed by atoms with Crippen molar-refractivity contribution in [2.45, 2.75) is 71.3 Å². The molecule has 7 unspecified atom stereocenters. The van der Waals surface area contributed by atoms with Crippen LogP contribution in [0.15, 0.2) is 0 Å². The van der Waals surface area contributed by atoms with Gasteiger partial charge in [0.05, 0.1) is 24.4 Å². The quantitative estimate of drug-likeness (QED) is 0.319. The van der Waals surface area contributed by atoms with Crippen LogP contribution in [0.4, 0.5) is 26.3 Å². The van der Waals surface area contributed by atoms with Gasteiger partial charge in [-0.2, -0.15) is 26.3 Å². The molecular formula is C23H30F6O6. The minimum Gasteiger partial charge on any atom is -0.469 e. The van der Waals surface area contributed by atoms with Gasteiger partial charge in [-0.05, 0) is 68.6 Å². The Morgan fingerprint density at radius 2 is 1.60 bits per heavy atom. The number of ether oxygens (including phenoxy) is 2. The van der Waals surface area contributed by atoms with E-state index < -0.39 is 76.8 Å². The maximum absolute atomic E-state index is 13.4. The van der Waals surface area contributed by atoms with E-state index in [-0.39, 0.29) is 31.1 Å². The normalized spacial score (nSPS) is 36.0. The summed E-state index contributed by atoms with van der Waals surface area (Å²) in [6.07, 6.45) is -13.3. The molecule has 1 heterocycles. The second-order valence-corrected chi connectivity index (χ2v) is 11.2. The summed E-state index contributed by atoms with van der Waals surface area (Å²) in [6, 6.07) is 0. The lowest BCUT2D eigenvalue weighted by molar-refractivity contribution is -0.374. The van der Waals surface area contributed by atoms with Crippen LogP contribution < -0.4 is 0 Å². The van der Waals surface area contributed by atoms with Crippen molar-refractivity contribution < 1.29 is 55.3 Å². The first-order chi connectivity index (χ1) is 15.7. The Balaban J connectivity index is 1.99. The molecule has 12 heteroatoms. The molecule has 2 aliphatic carbocycles. The third kappa shape index (κ3) is 4.13. The van der Waals surface area contributed by atoms with Crippen LogP contribution in [0.1, 0.15) is 53.4 Å². The Hall–Kier alpha value is -1.85. The van der Waals surface area contributed by atoms with Crippen LogP contribution in [-0.4, -0.2) is 48.1 Å². The van der Waals surface area contributed by atoms with E-state index in [1.165, 1.54) is 13.8 Å². The van der Waals surface area contributed by atoms with Crippen molar-refractivity contribution in [1.82, 2.24) is 0 Å². The molecule has 7 atom stereocenters. The summed E-state index contributed by atoms with van der Waals surface area (Å²) in [4.78, 5) is 37.7. The number of cyclic esters (lactones) is 2. The lowest BCUT2D eigenvalue weighted by Gasteiger charge is -2.49. The van der Waals surface area contributed by atoms with Gasteiger partial charge in [0.25, 0.3) is 5.60 Å². The number of methoxy groups -OCH3 is 1. The highest BCUT2D eigenvalue weighted by molar-refractivity contribution is 5.97. The Bertz CT molecular complexity index is 882. The predicted octanol–water partition coefficient (Wildman–Crippen LogP) is 4.44. The third-order valence-electron chi connectivity index (χ3n) is 9.01. The van der Waals surface area contributed by atoms with Crippen LogP contribution in [0.25, 0.3) is 0 Å². The third-order valence-corrected chi connectivity index (χ3v) is 9.01. The Morgan fingerprint density at radius 3 is 2.06 bits per heavy atom. The molecule has 3 fully saturated rings. The minimum absolute atomic E-state index is 0.0317. The summed E-state index contributed by atoms with van der Waals surface area (Å²) >= 11 is 0. The number of alkyl halides is 6. The van der Waals surface area contributed by atoms with Crippen molar-refractivity contribution in [2.24, 2.45) is 46.3 Å². The Morgan fingerprint density at radius 1 is 1.06 bits per heavy atom. The molecule has 0 spiro atoms. The molecule has 1 aliphatic heterocycles. The lowest BCUT2D eigenvalue weighted by Crippen LogP contribution is -2.59. The number of hydrogen-bond donors (Lipinski definition) is 1. The zero-order chi connectivity index (χ0) is 26.9. The van der Waals surface area contributed by atoms with Crippen molar-refractivity contribution in [3.05, 3.63) is 0 Å². The summed E-state index contributed by atoms with van der Waals surface area (Å²) in [6.45, 7) is 6.37. The number of rotatable bonds is 6. The van der Waals surface area contributed by atoms with Crippen LogP contribution in [0.3, 0.4) is 0 Å². The molecule has 3 rings (SSSR count). The molecule has 0 amide bonds. The molecule has 0 aromatic heterocycles. The average molecular weight is 516 g/mol. The molecule has 3 aliphatic rings. The number of aliphatic hydroxyl groups is 1. The van der Waals surface area contributed by atoms with Crippen LogP contribution in [0.2, 0.25) is 0 Å². The van der Waals surface area contributed by atoms with Crippen LogP contribution in [0.5, 0.6) is 0 Å². The van der Waals surface area contributed by atoms with Gasteiger partial charge < -0.3 is 14.6 Å². The summed E-state index contributed by atoms with van der Waals surface area (Å²) in [5.41, 5.74) is -7.27. The van der Waals surface area contributed by atoms with Gasteiger partial charge in [0.2, 0.25) is 0 Å². The van der Waals surface area contributed by atoms with E-state index >= 15 is 0 Å². The van der Waals surface area contributed by atoms with Gasteiger partial charge in [-0.3, -0.25) is 14.4 Å². The predicted molar refractivity (Wildman–Crippen MR) is 107 cm³/mol. The van der Waals surface area contributed by atoms with E-state index in [9.17, 15) is 45.8 Å². The fraction of sp³-hybridized carbons (Fsp3) is 0.870. The van der Waals surface area contributed by atoms with Crippen LogP contribution >= 0.6 is 0 Å². The topological polar surface area (TPSA) is 89.9 Å². The summed E-state index contributed by atoms with van der Waals surface area (Å²) in [7, 11) is 1.16. The van der Waals surface area contributed by atoms with Gasteiger partial charge in [0.15, 0.2) is 0 Å². The van der Waals surface area contributed by atoms with Gasteiger partial charge in [-0.25, -0.2) is 0 Å². The smallest absolute Gasteiger partial charge is 0.426 e. The zero-order valence-electron chi connectivity index (χ0n) is 20.0. The highest BCUT2D eigenvalue weighted by Crippen LogP contribution is 2.68. The molecule has 2 saturated carbocycles. The molecular weight excluding hydrogens is 486 g/mol. The molecule has 1 saturated heterocycles. The summed E-state index contributed by atoms with van der Waals surface area (Å²) < 4.78 is 90.1. The highest BCUT2D eigenvalue weighted by atomic mass is 19.4. The molecule has 0 radical (unpaired) electrons. The zero-order valence-corrected chi connectivity index (χ0v) is 20.0. The number of carbonyl (C=O) groups is 3. The number of halogens is 6. The van der Waals surface area contributed by atoms with Gasteiger partial charge in [0, 0.05) is 0 Å². The van der Waals surface area contributed by atoms with E-state index in [2.05, 4.69) is 0 Å². The second kappa shape index (κ2) is 8.34. The van der Waals surface area contributed by atoms with E-state index in [1.54, 1.807) is 13.8 Å². The monoisotopic (exact) mass is 516 g/mol. The van der Waals surface area contributed by atoms with Crippen molar-refractivity contribution >= 4 is 17.9 Å². The summed E-state index contributed by atoms with van der Waals surface area (Å²) in [5, 5.41) is 9.81. The lowest BCUT2D eigenvalue weighted by atomic mass is 9.54. The van der Waals surface area contributed by atoms with E-state index in [0.29, 0.717) is 0 Å². The minimum atomic E-state index is -5.94.